The third kappa shape index (κ3) is 5.02. The molecular formula is C13H24N2OS. The molecule has 1 aliphatic rings. The predicted octanol–water partition coefficient (Wildman–Crippen LogP) is 2.53. The quantitative estimate of drug-likeness (QED) is 0.567. The fourth-order valence-electron chi connectivity index (χ4n) is 2.40. The molecule has 0 spiro atoms. The van der Waals surface area contributed by atoms with Gasteiger partial charge in [-0.05, 0) is 32.1 Å². The fraction of sp³-hybridized carbons (Fsp3) is 0.846. The lowest BCUT2D eigenvalue weighted by Crippen LogP contribution is -2.40. The molecule has 0 aromatic heterocycles. The van der Waals surface area contributed by atoms with Gasteiger partial charge in [0, 0.05) is 12.0 Å². The first-order chi connectivity index (χ1) is 8.04. The minimum Gasteiger partial charge on any atom is -0.393 e. The number of rotatable bonds is 6. The smallest absolute Gasteiger partial charge is 0.225 e. The van der Waals surface area contributed by atoms with Crippen molar-refractivity contribution in [3.05, 3.63) is 0 Å². The van der Waals surface area contributed by atoms with Gasteiger partial charge < -0.3 is 11.1 Å². The van der Waals surface area contributed by atoms with Crippen LogP contribution in [0.2, 0.25) is 0 Å². The summed E-state index contributed by atoms with van der Waals surface area (Å²) in [6, 6.07) is 0. The van der Waals surface area contributed by atoms with Gasteiger partial charge in [-0.1, -0.05) is 38.4 Å². The SMILES string of the molecule is CC1(C(=O)NCCCCC(N)=S)CCCCC1. The Morgan fingerprint density at radius 2 is 1.94 bits per heavy atom. The van der Waals surface area contributed by atoms with Crippen molar-refractivity contribution in [2.75, 3.05) is 6.54 Å². The van der Waals surface area contributed by atoms with E-state index in [9.17, 15) is 4.79 Å². The number of thiocarbonyl (C=S) groups is 1. The molecule has 0 aliphatic heterocycles. The van der Waals surface area contributed by atoms with Crippen LogP contribution in [0.4, 0.5) is 0 Å². The molecule has 1 amide bonds. The number of carbonyl (C=O) groups is 1. The van der Waals surface area contributed by atoms with Crippen molar-refractivity contribution in [2.24, 2.45) is 11.1 Å². The first-order valence-corrected chi connectivity index (χ1v) is 7.02. The normalized spacial score (nSPS) is 18.6. The zero-order valence-corrected chi connectivity index (χ0v) is 11.6. The highest BCUT2D eigenvalue weighted by molar-refractivity contribution is 7.80. The average molecular weight is 256 g/mol. The molecule has 3 nitrogen and oxygen atoms in total. The van der Waals surface area contributed by atoms with Crippen molar-refractivity contribution in [3.8, 4) is 0 Å². The highest BCUT2D eigenvalue weighted by Gasteiger charge is 2.33. The molecule has 0 heterocycles. The Balaban J connectivity index is 2.17. The predicted molar refractivity (Wildman–Crippen MR) is 74.8 cm³/mol. The second-order valence-corrected chi connectivity index (χ2v) is 5.83. The van der Waals surface area contributed by atoms with E-state index in [4.69, 9.17) is 18.0 Å². The van der Waals surface area contributed by atoms with Gasteiger partial charge in [0.15, 0.2) is 0 Å². The minimum atomic E-state index is -0.124. The third-order valence-corrected chi connectivity index (χ3v) is 3.84. The van der Waals surface area contributed by atoms with Crippen LogP contribution in [0.3, 0.4) is 0 Å². The molecule has 0 radical (unpaired) electrons. The Kier molecular flexibility index (Phi) is 5.89. The molecule has 3 N–H and O–H groups in total. The molecule has 1 saturated carbocycles. The maximum absolute atomic E-state index is 12.1. The van der Waals surface area contributed by atoms with Gasteiger partial charge in [0.25, 0.3) is 0 Å². The van der Waals surface area contributed by atoms with Gasteiger partial charge >= 0.3 is 0 Å². The standard InChI is InChI=1S/C13H24N2OS/c1-13(8-4-2-5-9-13)12(16)15-10-6-3-7-11(14)17/h2-10H2,1H3,(H2,14,17)(H,15,16). The van der Waals surface area contributed by atoms with Crippen LogP contribution in [0.25, 0.3) is 0 Å². The summed E-state index contributed by atoms with van der Waals surface area (Å²) in [5.41, 5.74) is 5.29. The van der Waals surface area contributed by atoms with E-state index in [1.165, 1.54) is 19.3 Å². The average Bonchev–Trinajstić information content (AvgIpc) is 2.29. The van der Waals surface area contributed by atoms with Gasteiger partial charge in [0.1, 0.15) is 0 Å². The van der Waals surface area contributed by atoms with Gasteiger partial charge in [0.2, 0.25) is 5.91 Å². The van der Waals surface area contributed by atoms with E-state index in [2.05, 4.69) is 12.2 Å². The maximum atomic E-state index is 12.1. The summed E-state index contributed by atoms with van der Waals surface area (Å²) < 4.78 is 0. The molecule has 0 atom stereocenters. The maximum Gasteiger partial charge on any atom is 0.225 e. The van der Waals surface area contributed by atoms with Gasteiger partial charge in [0.05, 0.1) is 4.99 Å². The molecule has 0 aromatic carbocycles. The largest absolute Gasteiger partial charge is 0.393 e. The molecule has 17 heavy (non-hydrogen) atoms. The van der Waals surface area contributed by atoms with Crippen LogP contribution in [-0.2, 0) is 4.79 Å². The summed E-state index contributed by atoms with van der Waals surface area (Å²) in [7, 11) is 0. The zero-order chi connectivity index (χ0) is 12.7. The van der Waals surface area contributed by atoms with E-state index in [1.807, 2.05) is 0 Å². The Morgan fingerprint density at radius 3 is 2.53 bits per heavy atom. The van der Waals surface area contributed by atoms with E-state index in [1.54, 1.807) is 0 Å². The summed E-state index contributed by atoms with van der Waals surface area (Å²) in [6.45, 7) is 2.84. The Morgan fingerprint density at radius 1 is 1.29 bits per heavy atom. The minimum absolute atomic E-state index is 0.124. The van der Waals surface area contributed by atoms with Gasteiger partial charge in [-0.3, -0.25) is 4.79 Å². The van der Waals surface area contributed by atoms with Crippen molar-refractivity contribution in [1.29, 1.82) is 0 Å². The van der Waals surface area contributed by atoms with Crippen molar-refractivity contribution in [1.82, 2.24) is 5.32 Å². The highest BCUT2D eigenvalue weighted by Crippen LogP contribution is 2.35. The van der Waals surface area contributed by atoms with Crippen LogP contribution in [-0.4, -0.2) is 17.4 Å². The van der Waals surface area contributed by atoms with E-state index >= 15 is 0 Å². The fourth-order valence-corrected chi connectivity index (χ4v) is 2.54. The van der Waals surface area contributed by atoms with Crippen LogP contribution >= 0.6 is 12.2 Å². The molecule has 0 saturated heterocycles. The molecule has 1 aliphatic carbocycles. The summed E-state index contributed by atoms with van der Waals surface area (Å²) in [6.07, 6.45) is 8.42. The lowest BCUT2D eigenvalue weighted by Gasteiger charge is -2.32. The third-order valence-electron chi connectivity index (χ3n) is 3.64. The van der Waals surface area contributed by atoms with E-state index in [0.29, 0.717) is 4.99 Å². The molecule has 0 unspecified atom stereocenters. The van der Waals surface area contributed by atoms with Gasteiger partial charge in [-0.15, -0.1) is 0 Å². The second-order valence-electron chi connectivity index (χ2n) is 5.30. The first kappa shape index (κ1) is 14.4. The number of hydrogen-bond donors (Lipinski definition) is 2. The molecule has 0 aromatic rings. The number of amides is 1. The number of nitrogens with one attached hydrogen (secondary N) is 1. The Hall–Kier alpha value is -0.640. The monoisotopic (exact) mass is 256 g/mol. The summed E-state index contributed by atoms with van der Waals surface area (Å²) in [5.74, 6) is 0.229. The lowest BCUT2D eigenvalue weighted by molar-refractivity contribution is -0.131. The molecule has 4 heteroatoms. The van der Waals surface area contributed by atoms with Crippen LogP contribution < -0.4 is 11.1 Å². The van der Waals surface area contributed by atoms with Gasteiger partial charge in [-0.25, -0.2) is 0 Å². The zero-order valence-electron chi connectivity index (χ0n) is 10.8. The molecular weight excluding hydrogens is 232 g/mol. The van der Waals surface area contributed by atoms with E-state index in [0.717, 1.165) is 38.6 Å². The number of hydrogen-bond acceptors (Lipinski definition) is 2. The van der Waals surface area contributed by atoms with Crippen molar-refractivity contribution < 1.29 is 4.79 Å². The van der Waals surface area contributed by atoms with Crippen LogP contribution in [0, 0.1) is 5.41 Å². The van der Waals surface area contributed by atoms with Crippen molar-refractivity contribution >= 4 is 23.1 Å². The van der Waals surface area contributed by atoms with Crippen molar-refractivity contribution in [3.63, 3.8) is 0 Å². The first-order valence-electron chi connectivity index (χ1n) is 6.61. The van der Waals surface area contributed by atoms with E-state index in [-0.39, 0.29) is 11.3 Å². The lowest BCUT2D eigenvalue weighted by atomic mass is 9.75. The topological polar surface area (TPSA) is 55.1 Å². The van der Waals surface area contributed by atoms with Crippen LogP contribution in [0.1, 0.15) is 58.3 Å². The number of carbonyl (C=O) groups excluding carboxylic acids is 1. The molecule has 98 valence electrons. The Labute approximate surface area is 110 Å². The number of unbranched alkanes of at least 4 members (excludes halogenated alkanes) is 1. The summed E-state index contributed by atoms with van der Waals surface area (Å²) >= 11 is 4.81. The number of nitrogens with two attached hydrogens (primary N) is 1. The van der Waals surface area contributed by atoms with E-state index < -0.39 is 0 Å². The molecule has 1 rings (SSSR count). The second kappa shape index (κ2) is 6.94. The van der Waals surface area contributed by atoms with Crippen LogP contribution in [0.5, 0.6) is 0 Å². The van der Waals surface area contributed by atoms with Gasteiger partial charge in [-0.2, -0.15) is 0 Å². The molecule has 0 bridgehead atoms. The summed E-state index contributed by atoms with van der Waals surface area (Å²) in [5, 5.41) is 3.04. The highest BCUT2D eigenvalue weighted by atomic mass is 32.1. The summed E-state index contributed by atoms with van der Waals surface area (Å²) in [4.78, 5) is 12.6. The Bertz CT molecular complexity index is 273. The van der Waals surface area contributed by atoms with Crippen molar-refractivity contribution in [2.45, 2.75) is 58.3 Å². The van der Waals surface area contributed by atoms with Crippen LogP contribution in [0.15, 0.2) is 0 Å². The molecule has 1 fully saturated rings.